The molecule has 0 aromatic rings. The Morgan fingerprint density at radius 2 is 1.95 bits per heavy atom. The number of esters is 1. The summed E-state index contributed by atoms with van der Waals surface area (Å²) in [5.41, 5.74) is -0.274. The number of carbonyl (C=O) groups excluding carboxylic acids is 1. The maximum atomic E-state index is 11.8. The fourth-order valence-electron chi connectivity index (χ4n) is 2.88. The molecule has 0 aromatic heterocycles. The summed E-state index contributed by atoms with van der Waals surface area (Å²) in [5, 5.41) is 3.09. The Bertz CT molecular complexity index is 329. The predicted molar refractivity (Wildman–Crippen MR) is 81.9 cm³/mol. The van der Waals surface area contributed by atoms with Crippen LogP contribution in [0.2, 0.25) is 0 Å². The molecule has 1 aliphatic rings. The van der Waals surface area contributed by atoms with Gasteiger partial charge in [-0.15, -0.1) is 0 Å². The second-order valence-electron chi connectivity index (χ2n) is 6.53. The number of hydrogen-bond donors (Lipinski definition) is 1. The Morgan fingerprint density at radius 3 is 2.30 bits per heavy atom. The Kier molecular flexibility index (Phi) is 5.98. The molecule has 1 aliphatic carbocycles. The number of nitrogens with zero attached hydrogens (tertiary/aromatic N) is 2. The zero-order valence-electron chi connectivity index (χ0n) is 14.0. The third-order valence-electron chi connectivity index (χ3n) is 4.98. The van der Waals surface area contributed by atoms with Crippen molar-refractivity contribution >= 4 is 5.97 Å². The van der Waals surface area contributed by atoms with Crippen molar-refractivity contribution < 1.29 is 9.53 Å². The number of carbonyl (C=O) groups is 1. The van der Waals surface area contributed by atoms with Crippen LogP contribution in [-0.2, 0) is 9.53 Å². The molecule has 1 unspecified atom stereocenters. The molecule has 5 heteroatoms. The maximum absolute atomic E-state index is 11.8. The van der Waals surface area contributed by atoms with E-state index in [1.165, 1.54) is 26.4 Å². The van der Waals surface area contributed by atoms with Crippen LogP contribution in [0.5, 0.6) is 0 Å². The van der Waals surface area contributed by atoms with Crippen molar-refractivity contribution in [1.82, 2.24) is 15.1 Å². The zero-order chi connectivity index (χ0) is 15.4. The van der Waals surface area contributed by atoms with Gasteiger partial charge in [0, 0.05) is 18.6 Å². The molecule has 1 rings (SSSR count). The SMILES string of the molecule is CNC(C)(CCN(C)CC1(N(C)C)CCC1)C(=O)OC. The van der Waals surface area contributed by atoms with E-state index in [1.54, 1.807) is 0 Å². The molecule has 0 aromatic carbocycles. The molecular weight excluding hydrogens is 254 g/mol. The summed E-state index contributed by atoms with van der Waals surface area (Å²) < 4.78 is 4.88. The number of nitrogens with one attached hydrogen (secondary N) is 1. The van der Waals surface area contributed by atoms with Gasteiger partial charge in [0.1, 0.15) is 5.54 Å². The summed E-state index contributed by atoms with van der Waals surface area (Å²) in [5.74, 6) is -0.195. The Balaban J connectivity index is 2.50. The van der Waals surface area contributed by atoms with E-state index in [2.05, 4.69) is 36.3 Å². The number of hydrogen-bond acceptors (Lipinski definition) is 5. The number of ether oxygens (including phenoxy) is 1. The van der Waals surface area contributed by atoms with E-state index in [4.69, 9.17) is 4.74 Å². The molecule has 0 radical (unpaired) electrons. The summed E-state index contributed by atoms with van der Waals surface area (Å²) in [6.07, 6.45) is 4.61. The van der Waals surface area contributed by atoms with Gasteiger partial charge in [0.15, 0.2) is 0 Å². The van der Waals surface area contributed by atoms with Crippen LogP contribution in [0.4, 0.5) is 0 Å². The quantitative estimate of drug-likeness (QED) is 0.673. The van der Waals surface area contributed by atoms with Crippen molar-refractivity contribution in [2.24, 2.45) is 0 Å². The lowest BCUT2D eigenvalue weighted by Gasteiger charge is -2.49. The summed E-state index contributed by atoms with van der Waals surface area (Å²) in [4.78, 5) is 16.5. The molecule has 5 nitrogen and oxygen atoms in total. The van der Waals surface area contributed by atoms with Crippen LogP contribution >= 0.6 is 0 Å². The molecule has 0 spiro atoms. The van der Waals surface area contributed by atoms with Crippen molar-refractivity contribution in [2.75, 3.05) is 48.4 Å². The summed E-state index contributed by atoms with van der Waals surface area (Å²) >= 11 is 0. The summed E-state index contributed by atoms with van der Waals surface area (Å²) in [7, 11) is 9.72. The predicted octanol–water partition coefficient (Wildman–Crippen LogP) is 0.944. The van der Waals surface area contributed by atoms with Crippen LogP contribution in [0.3, 0.4) is 0 Å². The molecular formula is C15H31N3O2. The highest BCUT2D eigenvalue weighted by Gasteiger charge is 2.40. The number of likely N-dealkylation sites (N-methyl/N-ethyl adjacent to an activating group) is 3. The first-order valence-electron chi connectivity index (χ1n) is 7.43. The first-order chi connectivity index (χ1) is 9.29. The summed E-state index contributed by atoms with van der Waals surface area (Å²) in [6.45, 7) is 3.83. The maximum Gasteiger partial charge on any atom is 0.325 e. The van der Waals surface area contributed by atoms with Crippen molar-refractivity contribution in [3.8, 4) is 0 Å². The third-order valence-corrected chi connectivity index (χ3v) is 4.98. The molecule has 0 amide bonds. The van der Waals surface area contributed by atoms with E-state index >= 15 is 0 Å². The molecule has 0 heterocycles. The Morgan fingerprint density at radius 1 is 1.35 bits per heavy atom. The van der Waals surface area contributed by atoms with Gasteiger partial charge in [-0.1, -0.05) is 0 Å². The molecule has 1 saturated carbocycles. The lowest BCUT2D eigenvalue weighted by atomic mass is 9.75. The molecule has 0 saturated heterocycles. The molecule has 20 heavy (non-hydrogen) atoms. The van der Waals surface area contributed by atoms with E-state index in [0.717, 1.165) is 19.5 Å². The topological polar surface area (TPSA) is 44.8 Å². The average Bonchev–Trinajstić information content (AvgIpc) is 2.38. The van der Waals surface area contributed by atoms with Gasteiger partial charge in [-0.25, -0.2) is 0 Å². The average molecular weight is 285 g/mol. The highest BCUT2D eigenvalue weighted by atomic mass is 16.5. The lowest BCUT2D eigenvalue weighted by Crippen LogP contribution is -2.57. The van der Waals surface area contributed by atoms with Gasteiger partial charge >= 0.3 is 5.97 Å². The monoisotopic (exact) mass is 285 g/mol. The molecule has 0 aliphatic heterocycles. The Hall–Kier alpha value is -0.650. The van der Waals surface area contributed by atoms with Crippen LogP contribution < -0.4 is 5.32 Å². The zero-order valence-corrected chi connectivity index (χ0v) is 14.0. The first kappa shape index (κ1) is 17.4. The van der Waals surface area contributed by atoms with Gasteiger partial charge in [-0.2, -0.15) is 0 Å². The minimum Gasteiger partial charge on any atom is -0.468 e. The summed E-state index contributed by atoms with van der Waals surface area (Å²) in [6, 6.07) is 0. The molecule has 118 valence electrons. The normalized spacial score (nSPS) is 20.6. The van der Waals surface area contributed by atoms with E-state index in [1.807, 2.05) is 14.0 Å². The van der Waals surface area contributed by atoms with Crippen LogP contribution in [-0.4, -0.2) is 75.2 Å². The van der Waals surface area contributed by atoms with Crippen LogP contribution in [0.1, 0.15) is 32.6 Å². The second-order valence-corrected chi connectivity index (χ2v) is 6.53. The molecule has 1 fully saturated rings. The van der Waals surface area contributed by atoms with Crippen molar-refractivity contribution in [3.05, 3.63) is 0 Å². The van der Waals surface area contributed by atoms with Crippen LogP contribution in [0.25, 0.3) is 0 Å². The van der Waals surface area contributed by atoms with E-state index in [-0.39, 0.29) is 5.97 Å². The van der Waals surface area contributed by atoms with Gasteiger partial charge in [0.05, 0.1) is 7.11 Å². The minimum atomic E-state index is -0.603. The fraction of sp³-hybridized carbons (Fsp3) is 0.933. The largest absolute Gasteiger partial charge is 0.468 e. The fourth-order valence-corrected chi connectivity index (χ4v) is 2.88. The highest BCUT2D eigenvalue weighted by Crippen LogP contribution is 2.36. The van der Waals surface area contributed by atoms with Gasteiger partial charge in [0.2, 0.25) is 0 Å². The van der Waals surface area contributed by atoms with E-state index in [9.17, 15) is 4.79 Å². The number of rotatable bonds is 8. The highest BCUT2D eigenvalue weighted by molar-refractivity contribution is 5.80. The first-order valence-corrected chi connectivity index (χ1v) is 7.43. The number of methoxy groups -OCH3 is 1. The van der Waals surface area contributed by atoms with Gasteiger partial charge in [-0.3, -0.25) is 4.79 Å². The van der Waals surface area contributed by atoms with Crippen LogP contribution in [0.15, 0.2) is 0 Å². The van der Waals surface area contributed by atoms with E-state index in [0.29, 0.717) is 5.54 Å². The van der Waals surface area contributed by atoms with Crippen molar-refractivity contribution in [3.63, 3.8) is 0 Å². The van der Waals surface area contributed by atoms with Crippen molar-refractivity contribution in [1.29, 1.82) is 0 Å². The molecule has 1 atom stereocenters. The minimum absolute atomic E-state index is 0.195. The van der Waals surface area contributed by atoms with Gasteiger partial charge in [0.25, 0.3) is 0 Å². The Labute approximate surface area is 123 Å². The second kappa shape index (κ2) is 6.87. The van der Waals surface area contributed by atoms with Gasteiger partial charge < -0.3 is 19.9 Å². The molecule has 0 bridgehead atoms. The van der Waals surface area contributed by atoms with E-state index < -0.39 is 5.54 Å². The smallest absolute Gasteiger partial charge is 0.325 e. The lowest BCUT2D eigenvalue weighted by molar-refractivity contribution is -0.148. The van der Waals surface area contributed by atoms with Crippen molar-refractivity contribution in [2.45, 2.75) is 43.7 Å². The van der Waals surface area contributed by atoms with Crippen LogP contribution in [0, 0.1) is 0 Å². The van der Waals surface area contributed by atoms with Gasteiger partial charge in [-0.05, 0) is 60.8 Å². The standard InChI is InChI=1S/C15H31N3O2/c1-14(16-2,13(19)20-6)10-11-18(5)12-15(17(3)4)8-7-9-15/h16H,7-12H2,1-6H3. The third kappa shape index (κ3) is 3.71. The molecule has 1 N–H and O–H groups in total.